The number of esters is 1. The van der Waals surface area contributed by atoms with Gasteiger partial charge in [-0.3, -0.25) is 9.59 Å². The summed E-state index contributed by atoms with van der Waals surface area (Å²) in [6.07, 6.45) is -1.04. The molecule has 0 saturated carbocycles. The molecule has 0 spiro atoms. The van der Waals surface area contributed by atoms with E-state index in [0.29, 0.717) is 0 Å². The van der Waals surface area contributed by atoms with Crippen molar-refractivity contribution in [1.29, 1.82) is 0 Å². The van der Waals surface area contributed by atoms with Crippen molar-refractivity contribution in [1.82, 2.24) is 10.6 Å². The first-order chi connectivity index (χ1) is 16.3. The van der Waals surface area contributed by atoms with Crippen LogP contribution in [0.15, 0.2) is 48.5 Å². The fourth-order valence-electron chi connectivity index (χ4n) is 4.05. The van der Waals surface area contributed by atoms with Gasteiger partial charge in [-0.15, -0.1) is 0 Å². The maximum Gasteiger partial charge on any atom is 0.407 e. The van der Waals surface area contributed by atoms with Crippen LogP contribution >= 0.6 is 0 Å². The first-order valence-corrected chi connectivity index (χ1v) is 11.0. The number of methoxy groups -OCH3 is 1. The molecule has 3 N–H and O–H groups in total. The molecule has 0 radical (unpaired) electrons. The second-order valence-electron chi connectivity index (χ2n) is 8.15. The fraction of sp³-hybridized carbons (Fsp3) is 0.360. The van der Waals surface area contributed by atoms with E-state index in [0.717, 1.165) is 22.3 Å². The van der Waals surface area contributed by atoms with Crippen molar-refractivity contribution in [3.05, 3.63) is 59.7 Å². The monoisotopic (exact) mass is 468 g/mol. The van der Waals surface area contributed by atoms with Crippen LogP contribution in [0.2, 0.25) is 0 Å². The number of carboxylic acids is 1. The molecule has 0 heterocycles. The molecular weight excluding hydrogens is 440 g/mol. The molecule has 2 aromatic rings. The van der Waals surface area contributed by atoms with Gasteiger partial charge in [0.25, 0.3) is 0 Å². The Balaban J connectivity index is 1.49. The molecule has 1 aliphatic rings. The summed E-state index contributed by atoms with van der Waals surface area (Å²) < 4.78 is 9.95. The zero-order valence-corrected chi connectivity index (χ0v) is 19.1. The predicted molar refractivity (Wildman–Crippen MR) is 123 cm³/mol. The van der Waals surface area contributed by atoms with Crippen molar-refractivity contribution >= 4 is 23.9 Å². The number of benzene rings is 2. The van der Waals surface area contributed by atoms with Crippen molar-refractivity contribution < 1.29 is 33.8 Å². The van der Waals surface area contributed by atoms with Gasteiger partial charge in [-0.05, 0) is 35.6 Å². The van der Waals surface area contributed by atoms with Crippen LogP contribution in [0.3, 0.4) is 0 Å². The van der Waals surface area contributed by atoms with Gasteiger partial charge in [0, 0.05) is 24.8 Å². The molecule has 0 bridgehead atoms. The lowest BCUT2D eigenvalue weighted by Crippen LogP contribution is -2.44. The van der Waals surface area contributed by atoms with Gasteiger partial charge in [0.2, 0.25) is 5.91 Å². The topological polar surface area (TPSA) is 131 Å². The average molecular weight is 469 g/mol. The number of carboxylic acid groups (broad SMARTS) is 1. The van der Waals surface area contributed by atoms with E-state index in [1.54, 1.807) is 6.92 Å². The summed E-state index contributed by atoms with van der Waals surface area (Å²) in [4.78, 5) is 47.1. The van der Waals surface area contributed by atoms with Gasteiger partial charge < -0.3 is 25.2 Å². The van der Waals surface area contributed by atoms with Gasteiger partial charge in [0.1, 0.15) is 12.6 Å². The van der Waals surface area contributed by atoms with Gasteiger partial charge in [0.05, 0.1) is 7.11 Å². The van der Waals surface area contributed by atoms with Crippen molar-refractivity contribution in [2.45, 2.75) is 44.2 Å². The zero-order valence-electron chi connectivity index (χ0n) is 19.1. The van der Waals surface area contributed by atoms with Gasteiger partial charge in [0.15, 0.2) is 0 Å². The third-order valence-electron chi connectivity index (χ3n) is 5.70. The van der Waals surface area contributed by atoms with E-state index in [4.69, 9.17) is 4.74 Å². The second kappa shape index (κ2) is 11.3. The van der Waals surface area contributed by atoms with E-state index in [1.165, 1.54) is 7.11 Å². The molecule has 180 valence electrons. The van der Waals surface area contributed by atoms with Crippen LogP contribution in [0, 0.1) is 0 Å². The minimum atomic E-state index is -1.26. The number of amides is 2. The lowest BCUT2D eigenvalue weighted by Gasteiger charge is -2.18. The number of hydrogen-bond acceptors (Lipinski definition) is 6. The number of nitrogens with one attached hydrogen (secondary N) is 2. The molecular formula is C25H28N2O7. The van der Waals surface area contributed by atoms with E-state index < -0.39 is 36.0 Å². The van der Waals surface area contributed by atoms with Crippen LogP contribution in [0.5, 0.6) is 0 Å². The molecule has 0 aromatic heterocycles. The quantitative estimate of drug-likeness (QED) is 0.457. The highest BCUT2D eigenvalue weighted by Crippen LogP contribution is 2.44. The molecule has 34 heavy (non-hydrogen) atoms. The van der Waals surface area contributed by atoms with E-state index in [2.05, 4.69) is 15.4 Å². The molecule has 0 aliphatic heterocycles. The van der Waals surface area contributed by atoms with Crippen LogP contribution in [-0.2, 0) is 23.9 Å². The smallest absolute Gasteiger partial charge is 0.407 e. The minimum Gasteiger partial charge on any atom is -0.480 e. The summed E-state index contributed by atoms with van der Waals surface area (Å²) in [7, 11) is 1.20. The van der Waals surface area contributed by atoms with E-state index in [-0.39, 0.29) is 31.8 Å². The van der Waals surface area contributed by atoms with Crippen molar-refractivity contribution in [3.8, 4) is 11.1 Å². The molecule has 9 heteroatoms. The maximum absolute atomic E-state index is 12.3. The van der Waals surface area contributed by atoms with Crippen LogP contribution in [-0.4, -0.2) is 54.8 Å². The molecule has 1 aliphatic carbocycles. The highest BCUT2D eigenvalue weighted by Gasteiger charge is 2.29. The van der Waals surface area contributed by atoms with Crippen molar-refractivity contribution in [2.75, 3.05) is 13.7 Å². The van der Waals surface area contributed by atoms with Crippen molar-refractivity contribution in [2.24, 2.45) is 0 Å². The number of aliphatic carboxylic acids is 1. The van der Waals surface area contributed by atoms with Gasteiger partial charge >= 0.3 is 18.0 Å². The summed E-state index contributed by atoms with van der Waals surface area (Å²) in [6, 6.07) is 14.2. The Kier molecular flexibility index (Phi) is 8.24. The van der Waals surface area contributed by atoms with E-state index in [1.807, 2.05) is 48.5 Å². The highest BCUT2D eigenvalue weighted by atomic mass is 16.5. The Labute approximate surface area is 197 Å². The number of hydrogen-bond donors (Lipinski definition) is 3. The van der Waals surface area contributed by atoms with E-state index >= 15 is 0 Å². The number of carbonyl (C=O) groups excluding carboxylic acids is 3. The summed E-state index contributed by atoms with van der Waals surface area (Å²) in [6.45, 7) is 1.76. The standard InChI is InChI=1S/C25H28N2O7/c1-15(13-22(28)27-21(24(30)31)11-12-23(29)33-2)26-25(32)34-14-20-18-9-5-3-7-16(18)17-8-4-6-10-19(17)20/h3-10,15,20-21H,11-14H2,1-2H3,(H,26,32)(H,27,28)(H,30,31)/t15?,21-/m1/s1. The summed E-state index contributed by atoms with van der Waals surface area (Å²) in [5.74, 6) is -2.47. The first-order valence-electron chi connectivity index (χ1n) is 11.0. The maximum atomic E-state index is 12.3. The normalized spacial score (nSPS) is 13.7. The highest BCUT2D eigenvalue weighted by molar-refractivity contribution is 5.84. The van der Waals surface area contributed by atoms with E-state index in [9.17, 15) is 24.3 Å². The number of rotatable bonds is 10. The first kappa shape index (κ1) is 24.8. The van der Waals surface area contributed by atoms with Crippen LogP contribution in [0.25, 0.3) is 11.1 Å². The Bertz CT molecular complexity index is 1020. The number of alkyl carbamates (subject to hydrolysis) is 1. The average Bonchev–Trinajstić information content (AvgIpc) is 3.13. The second-order valence-corrected chi connectivity index (χ2v) is 8.15. The molecule has 3 rings (SSSR count). The zero-order chi connectivity index (χ0) is 24.7. The minimum absolute atomic E-state index is 0.0807. The van der Waals surface area contributed by atoms with Gasteiger partial charge in [-0.2, -0.15) is 0 Å². The number of carbonyl (C=O) groups is 4. The molecule has 0 fully saturated rings. The number of fused-ring (bicyclic) bond motifs is 3. The van der Waals surface area contributed by atoms with Gasteiger partial charge in [-0.25, -0.2) is 9.59 Å². The van der Waals surface area contributed by atoms with Crippen LogP contribution in [0.1, 0.15) is 43.2 Å². The molecule has 9 nitrogen and oxygen atoms in total. The molecule has 2 atom stereocenters. The van der Waals surface area contributed by atoms with Crippen LogP contribution in [0.4, 0.5) is 4.79 Å². The SMILES string of the molecule is COC(=O)CC[C@@H](NC(=O)CC(C)NC(=O)OCC1c2ccccc2-c2ccccc21)C(=O)O. The lowest BCUT2D eigenvalue weighted by atomic mass is 9.98. The Morgan fingerprint density at radius 3 is 2.12 bits per heavy atom. The Morgan fingerprint density at radius 2 is 1.56 bits per heavy atom. The third-order valence-corrected chi connectivity index (χ3v) is 5.70. The molecule has 2 aromatic carbocycles. The summed E-state index contributed by atoms with van der Waals surface area (Å²) >= 11 is 0. The van der Waals surface area contributed by atoms with Crippen LogP contribution < -0.4 is 10.6 Å². The fourth-order valence-corrected chi connectivity index (χ4v) is 4.05. The van der Waals surface area contributed by atoms with Gasteiger partial charge in [-0.1, -0.05) is 48.5 Å². The number of ether oxygens (including phenoxy) is 2. The largest absolute Gasteiger partial charge is 0.480 e. The molecule has 1 unspecified atom stereocenters. The summed E-state index contributed by atoms with van der Waals surface area (Å²) in [5, 5.41) is 14.2. The third kappa shape index (κ3) is 6.12. The predicted octanol–water partition coefficient (Wildman–Crippen LogP) is 2.83. The molecule has 2 amide bonds. The lowest BCUT2D eigenvalue weighted by molar-refractivity contribution is -0.144. The Hall–Kier alpha value is -3.88. The Morgan fingerprint density at radius 1 is 0.971 bits per heavy atom. The summed E-state index contributed by atoms with van der Waals surface area (Å²) in [5.41, 5.74) is 4.43. The molecule has 0 saturated heterocycles. The van der Waals surface area contributed by atoms with Crippen molar-refractivity contribution in [3.63, 3.8) is 0 Å².